The predicted molar refractivity (Wildman–Crippen MR) is 95.1 cm³/mol. The summed E-state index contributed by atoms with van der Waals surface area (Å²) in [6.07, 6.45) is 2.66. The van der Waals surface area contributed by atoms with Crippen molar-refractivity contribution in [1.29, 1.82) is 0 Å². The first kappa shape index (κ1) is 18.1. The Kier molecular flexibility index (Phi) is 6.33. The summed E-state index contributed by atoms with van der Waals surface area (Å²) in [5.41, 5.74) is 6.88. The number of hydrogen-bond acceptors (Lipinski definition) is 4. The number of hydrogen-bond donors (Lipinski definition) is 2. The summed E-state index contributed by atoms with van der Waals surface area (Å²) >= 11 is 1.55. The van der Waals surface area contributed by atoms with Gasteiger partial charge in [0.15, 0.2) is 0 Å². The Balaban J connectivity index is 0.00000192. The molecule has 2 amide bonds. The molecule has 1 aromatic rings. The van der Waals surface area contributed by atoms with Gasteiger partial charge in [0.2, 0.25) is 11.8 Å². The SMILES string of the molecule is Cl.NC(CNC(=O)CCN1C(=O)CSc2ccccc21)C1CC1. The molecule has 2 aliphatic rings. The number of amides is 2. The Morgan fingerprint density at radius 3 is 2.87 bits per heavy atom. The lowest BCUT2D eigenvalue weighted by molar-refractivity contribution is -0.121. The number of rotatable bonds is 6. The van der Waals surface area contributed by atoms with Crippen molar-refractivity contribution in [3.63, 3.8) is 0 Å². The third-order valence-electron chi connectivity index (χ3n) is 4.13. The zero-order valence-electron chi connectivity index (χ0n) is 12.9. The number of anilines is 1. The molecule has 1 heterocycles. The number of nitrogens with two attached hydrogens (primary N) is 1. The molecule has 5 nitrogen and oxygen atoms in total. The van der Waals surface area contributed by atoms with Crippen LogP contribution in [0.15, 0.2) is 29.2 Å². The number of benzene rings is 1. The highest BCUT2D eigenvalue weighted by molar-refractivity contribution is 8.00. The van der Waals surface area contributed by atoms with Crippen molar-refractivity contribution in [3.8, 4) is 0 Å². The van der Waals surface area contributed by atoms with Crippen molar-refractivity contribution in [2.24, 2.45) is 11.7 Å². The molecule has 1 saturated carbocycles. The van der Waals surface area contributed by atoms with Gasteiger partial charge in [-0.05, 0) is 30.9 Å². The number of nitrogens with one attached hydrogen (secondary N) is 1. The Bertz CT molecular complexity index is 580. The van der Waals surface area contributed by atoms with Gasteiger partial charge in [-0.2, -0.15) is 0 Å². The van der Waals surface area contributed by atoms with Crippen LogP contribution in [-0.4, -0.2) is 36.7 Å². The molecular weight excluding hydrogens is 334 g/mol. The van der Waals surface area contributed by atoms with E-state index in [2.05, 4.69) is 5.32 Å². The topological polar surface area (TPSA) is 75.4 Å². The van der Waals surface area contributed by atoms with Gasteiger partial charge in [-0.3, -0.25) is 9.59 Å². The normalized spacial score (nSPS) is 18.0. The second kappa shape index (κ2) is 8.04. The van der Waals surface area contributed by atoms with Gasteiger partial charge in [-0.15, -0.1) is 24.2 Å². The minimum atomic E-state index is -0.0420. The lowest BCUT2D eigenvalue weighted by atomic mass is 10.2. The molecule has 0 bridgehead atoms. The van der Waals surface area contributed by atoms with Gasteiger partial charge in [-0.25, -0.2) is 0 Å². The first-order chi connectivity index (χ1) is 10.6. The van der Waals surface area contributed by atoms with Gasteiger partial charge < -0.3 is 16.0 Å². The summed E-state index contributed by atoms with van der Waals surface area (Å²) in [7, 11) is 0. The van der Waals surface area contributed by atoms with E-state index in [-0.39, 0.29) is 30.3 Å². The molecule has 1 unspecified atom stereocenters. The van der Waals surface area contributed by atoms with Crippen molar-refractivity contribution in [3.05, 3.63) is 24.3 Å². The summed E-state index contributed by atoms with van der Waals surface area (Å²) in [5, 5.41) is 2.88. The molecule has 1 aromatic carbocycles. The number of carbonyl (C=O) groups excluding carboxylic acids is 2. The van der Waals surface area contributed by atoms with Gasteiger partial charge in [0.25, 0.3) is 0 Å². The summed E-state index contributed by atoms with van der Waals surface area (Å²) in [4.78, 5) is 26.8. The molecule has 0 aromatic heterocycles. The summed E-state index contributed by atoms with van der Waals surface area (Å²) in [6, 6.07) is 7.89. The van der Waals surface area contributed by atoms with E-state index >= 15 is 0 Å². The lowest BCUT2D eigenvalue weighted by Crippen LogP contribution is -2.41. The van der Waals surface area contributed by atoms with Gasteiger partial charge in [0, 0.05) is 30.4 Å². The maximum Gasteiger partial charge on any atom is 0.237 e. The van der Waals surface area contributed by atoms with Crippen molar-refractivity contribution in [2.75, 3.05) is 23.7 Å². The second-order valence-corrected chi connectivity index (χ2v) is 6.87. The number of halogens is 1. The second-order valence-electron chi connectivity index (χ2n) is 5.86. The third-order valence-corrected chi connectivity index (χ3v) is 5.18. The van der Waals surface area contributed by atoms with E-state index in [0.717, 1.165) is 10.6 Å². The number of nitrogens with zero attached hydrogens (tertiary/aromatic N) is 1. The van der Waals surface area contributed by atoms with Crippen LogP contribution in [0.4, 0.5) is 5.69 Å². The first-order valence-electron chi connectivity index (χ1n) is 7.69. The molecule has 0 radical (unpaired) electrons. The predicted octanol–water partition coefficient (Wildman–Crippen LogP) is 1.79. The van der Waals surface area contributed by atoms with Crippen molar-refractivity contribution in [1.82, 2.24) is 5.32 Å². The molecule has 0 saturated heterocycles. The minimum absolute atomic E-state index is 0. The molecule has 1 fully saturated rings. The van der Waals surface area contributed by atoms with Crippen molar-refractivity contribution < 1.29 is 9.59 Å². The fraction of sp³-hybridized carbons (Fsp3) is 0.500. The van der Waals surface area contributed by atoms with Crippen LogP contribution in [0.5, 0.6) is 0 Å². The van der Waals surface area contributed by atoms with E-state index in [1.165, 1.54) is 12.8 Å². The molecule has 23 heavy (non-hydrogen) atoms. The molecule has 3 N–H and O–H groups in total. The molecule has 1 aliphatic heterocycles. The molecule has 1 atom stereocenters. The van der Waals surface area contributed by atoms with Crippen molar-refractivity contribution >= 4 is 41.7 Å². The van der Waals surface area contributed by atoms with Crippen LogP contribution in [0.3, 0.4) is 0 Å². The van der Waals surface area contributed by atoms with Crippen LogP contribution in [0.1, 0.15) is 19.3 Å². The van der Waals surface area contributed by atoms with E-state index in [4.69, 9.17) is 5.73 Å². The monoisotopic (exact) mass is 355 g/mol. The molecule has 7 heteroatoms. The lowest BCUT2D eigenvalue weighted by Gasteiger charge is -2.28. The molecule has 126 valence electrons. The van der Waals surface area contributed by atoms with Gasteiger partial charge >= 0.3 is 0 Å². The highest BCUT2D eigenvalue weighted by Crippen LogP contribution is 2.34. The van der Waals surface area contributed by atoms with E-state index in [9.17, 15) is 9.59 Å². The number of carbonyl (C=O) groups is 2. The van der Waals surface area contributed by atoms with Crippen molar-refractivity contribution in [2.45, 2.75) is 30.2 Å². The highest BCUT2D eigenvalue weighted by atomic mass is 35.5. The zero-order chi connectivity index (χ0) is 15.5. The molecule has 3 rings (SSSR count). The van der Waals surface area contributed by atoms with Crippen LogP contribution >= 0.6 is 24.2 Å². The average molecular weight is 356 g/mol. The van der Waals surface area contributed by atoms with Gasteiger partial charge in [0.05, 0.1) is 11.4 Å². The van der Waals surface area contributed by atoms with E-state index in [0.29, 0.717) is 31.2 Å². The third kappa shape index (κ3) is 4.62. The van der Waals surface area contributed by atoms with E-state index in [1.54, 1.807) is 16.7 Å². The van der Waals surface area contributed by atoms with Gasteiger partial charge in [0.1, 0.15) is 0 Å². The van der Waals surface area contributed by atoms with Crippen LogP contribution in [0, 0.1) is 5.92 Å². The highest BCUT2D eigenvalue weighted by Gasteiger charge is 2.29. The average Bonchev–Trinajstić information content (AvgIpc) is 3.36. The van der Waals surface area contributed by atoms with E-state index < -0.39 is 0 Å². The fourth-order valence-corrected chi connectivity index (χ4v) is 3.56. The van der Waals surface area contributed by atoms with Crippen LogP contribution in [-0.2, 0) is 9.59 Å². The largest absolute Gasteiger partial charge is 0.354 e. The van der Waals surface area contributed by atoms with Crippen LogP contribution in [0.25, 0.3) is 0 Å². The molecule has 1 aliphatic carbocycles. The maximum atomic E-state index is 12.1. The van der Waals surface area contributed by atoms with Crippen LogP contribution in [0.2, 0.25) is 0 Å². The Labute approximate surface area is 146 Å². The summed E-state index contributed by atoms with van der Waals surface area (Å²) in [6.45, 7) is 0.949. The van der Waals surface area contributed by atoms with Crippen LogP contribution < -0.4 is 16.0 Å². The number of fused-ring (bicyclic) bond motifs is 1. The Morgan fingerprint density at radius 1 is 1.39 bits per heavy atom. The Hall–Kier alpha value is -1.24. The number of para-hydroxylation sites is 1. The Morgan fingerprint density at radius 2 is 2.13 bits per heavy atom. The summed E-state index contributed by atoms with van der Waals surface area (Å²) < 4.78 is 0. The summed E-state index contributed by atoms with van der Waals surface area (Å²) in [5.74, 6) is 1.03. The minimum Gasteiger partial charge on any atom is -0.354 e. The fourth-order valence-electron chi connectivity index (χ4n) is 2.62. The molecular formula is C16H22ClN3O2S. The first-order valence-corrected chi connectivity index (χ1v) is 8.68. The van der Waals surface area contributed by atoms with E-state index in [1.807, 2.05) is 24.3 Å². The number of thioether (sulfide) groups is 1. The smallest absolute Gasteiger partial charge is 0.237 e. The quantitative estimate of drug-likeness (QED) is 0.815. The maximum absolute atomic E-state index is 12.1. The zero-order valence-corrected chi connectivity index (χ0v) is 14.5. The molecule has 0 spiro atoms. The standard InChI is InChI=1S/C16H21N3O2S.ClH/c17-12(11-5-6-11)9-18-15(20)7-8-19-13-3-1-2-4-14(13)22-10-16(19)21;/h1-4,11-12H,5-10,17H2,(H,18,20);1H. The van der Waals surface area contributed by atoms with Gasteiger partial charge in [-0.1, -0.05) is 12.1 Å².